The largest absolute Gasteiger partial charge is 0.494 e. The molecule has 3 rings (SSSR count). The van der Waals surface area contributed by atoms with E-state index in [4.69, 9.17) is 10.5 Å². The van der Waals surface area contributed by atoms with Crippen LogP contribution in [0.2, 0.25) is 0 Å². The molecule has 3 heteroatoms. The topological polar surface area (TPSA) is 51.0 Å². The summed E-state index contributed by atoms with van der Waals surface area (Å²) < 4.78 is 5.56. The van der Waals surface area contributed by atoms with Gasteiger partial charge in [-0.25, -0.2) is 0 Å². The second-order valence-corrected chi connectivity index (χ2v) is 4.66. The summed E-state index contributed by atoms with van der Waals surface area (Å²) in [6, 6.07) is 6.40. The minimum Gasteiger partial charge on any atom is -0.494 e. The SMILES string of the molecule is CCOc1ccc2[nH]c3c(c2c1)CCC[C@H]3N. The number of hydrogen-bond donors (Lipinski definition) is 2. The Morgan fingerprint density at radius 2 is 2.35 bits per heavy atom. The first-order chi connectivity index (χ1) is 8.29. The summed E-state index contributed by atoms with van der Waals surface area (Å²) >= 11 is 0. The van der Waals surface area contributed by atoms with Crippen LogP contribution in [0.5, 0.6) is 5.75 Å². The highest BCUT2D eigenvalue weighted by Crippen LogP contribution is 2.34. The number of benzene rings is 1. The van der Waals surface area contributed by atoms with Crippen LogP contribution >= 0.6 is 0 Å². The molecule has 0 aliphatic heterocycles. The van der Waals surface area contributed by atoms with Crippen molar-refractivity contribution in [3.63, 3.8) is 0 Å². The van der Waals surface area contributed by atoms with E-state index in [0.29, 0.717) is 6.61 Å². The Kier molecular flexibility index (Phi) is 2.56. The van der Waals surface area contributed by atoms with Crippen LogP contribution < -0.4 is 10.5 Å². The normalized spacial score (nSPS) is 19.3. The smallest absolute Gasteiger partial charge is 0.120 e. The van der Waals surface area contributed by atoms with E-state index in [9.17, 15) is 0 Å². The van der Waals surface area contributed by atoms with E-state index in [-0.39, 0.29) is 6.04 Å². The lowest BCUT2D eigenvalue weighted by molar-refractivity contribution is 0.340. The standard InChI is InChI=1S/C14H18N2O/c1-2-17-9-6-7-13-11(8-9)10-4-3-5-12(15)14(10)16-13/h6-8,12,16H,2-5,15H2,1H3/t12-/m1/s1. The van der Waals surface area contributed by atoms with Gasteiger partial charge in [0.2, 0.25) is 0 Å². The van der Waals surface area contributed by atoms with Crippen molar-refractivity contribution in [3.05, 3.63) is 29.5 Å². The van der Waals surface area contributed by atoms with Gasteiger partial charge in [0.1, 0.15) is 5.75 Å². The Balaban J connectivity index is 2.15. The Hall–Kier alpha value is -1.48. The first kappa shape index (κ1) is 10.7. The quantitative estimate of drug-likeness (QED) is 0.833. The molecule has 0 saturated heterocycles. The minimum atomic E-state index is 0.168. The molecule has 1 aliphatic rings. The monoisotopic (exact) mass is 230 g/mol. The average molecular weight is 230 g/mol. The van der Waals surface area contributed by atoms with E-state index in [1.165, 1.54) is 28.6 Å². The molecule has 3 N–H and O–H groups in total. The lowest BCUT2D eigenvalue weighted by atomic mass is 9.92. The van der Waals surface area contributed by atoms with Gasteiger partial charge in [0.25, 0.3) is 0 Å². The number of aromatic amines is 1. The minimum absolute atomic E-state index is 0.168. The zero-order chi connectivity index (χ0) is 11.8. The summed E-state index contributed by atoms with van der Waals surface area (Å²) in [5, 5.41) is 1.28. The zero-order valence-electron chi connectivity index (χ0n) is 10.1. The third-order valence-corrected chi connectivity index (χ3v) is 3.53. The molecule has 0 unspecified atom stereocenters. The Bertz CT molecular complexity index is 544. The fourth-order valence-corrected chi connectivity index (χ4v) is 2.73. The van der Waals surface area contributed by atoms with Crippen molar-refractivity contribution in [2.24, 2.45) is 5.73 Å². The van der Waals surface area contributed by atoms with Crippen molar-refractivity contribution < 1.29 is 4.74 Å². The average Bonchev–Trinajstić information content (AvgIpc) is 2.70. The van der Waals surface area contributed by atoms with Crippen LogP contribution in [0.1, 0.15) is 37.1 Å². The summed E-state index contributed by atoms with van der Waals surface area (Å²) in [7, 11) is 0. The van der Waals surface area contributed by atoms with E-state index >= 15 is 0 Å². The third-order valence-electron chi connectivity index (χ3n) is 3.53. The van der Waals surface area contributed by atoms with Crippen molar-refractivity contribution >= 4 is 10.9 Å². The molecule has 1 heterocycles. The molecular formula is C14H18N2O. The summed E-state index contributed by atoms with van der Waals surface area (Å²) in [6.45, 7) is 2.71. The molecular weight excluding hydrogens is 212 g/mol. The first-order valence-corrected chi connectivity index (χ1v) is 6.32. The molecule has 0 fully saturated rings. The highest BCUT2D eigenvalue weighted by atomic mass is 16.5. The van der Waals surface area contributed by atoms with E-state index in [1.807, 2.05) is 13.0 Å². The molecule has 1 aromatic carbocycles. The number of nitrogens with one attached hydrogen (secondary N) is 1. The molecule has 90 valence electrons. The summed E-state index contributed by atoms with van der Waals surface area (Å²) in [6.07, 6.45) is 3.39. The van der Waals surface area contributed by atoms with Crippen LogP contribution in [-0.4, -0.2) is 11.6 Å². The molecule has 0 amide bonds. The van der Waals surface area contributed by atoms with E-state index in [1.54, 1.807) is 0 Å². The summed E-state index contributed by atoms with van der Waals surface area (Å²) in [5.74, 6) is 0.945. The zero-order valence-corrected chi connectivity index (χ0v) is 10.1. The van der Waals surface area contributed by atoms with Gasteiger partial charge in [-0.05, 0) is 49.9 Å². The van der Waals surface area contributed by atoms with Crippen LogP contribution in [-0.2, 0) is 6.42 Å². The van der Waals surface area contributed by atoms with Crippen molar-refractivity contribution in [1.29, 1.82) is 0 Å². The van der Waals surface area contributed by atoms with Crippen LogP contribution in [0.3, 0.4) is 0 Å². The van der Waals surface area contributed by atoms with Gasteiger partial charge < -0.3 is 15.5 Å². The number of nitrogens with two attached hydrogens (primary N) is 1. The Morgan fingerprint density at radius 1 is 1.47 bits per heavy atom. The predicted octanol–water partition coefficient (Wildman–Crippen LogP) is 2.90. The first-order valence-electron chi connectivity index (χ1n) is 6.32. The lowest BCUT2D eigenvalue weighted by Crippen LogP contribution is -2.16. The van der Waals surface area contributed by atoms with Crippen molar-refractivity contribution in [2.75, 3.05) is 6.61 Å². The van der Waals surface area contributed by atoms with Crippen LogP contribution in [0.25, 0.3) is 10.9 Å². The van der Waals surface area contributed by atoms with E-state index < -0.39 is 0 Å². The van der Waals surface area contributed by atoms with Gasteiger partial charge in [0, 0.05) is 22.6 Å². The molecule has 1 aromatic heterocycles. The van der Waals surface area contributed by atoms with Gasteiger partial charge in [0.05, 0.1) is 6.61 Å². The maximum absolute atomic E-state index is 6.14. The summed E-state index contributed by atoms with van der Waals surface area (Å²) in [4.78, 5) is 3.45. The molecule has 17 heavy (non-hydrogen) atoms. The van der Waals surface area contributed by atoms with Crippen LogP contribution in [0.15, 0.2) is 18.2 Å². The maximum Gasteiger partial charge on any atom is 0.120 e. The highest BCUT2D eigenvalue weighted by Gasteiger charge is 2.21. The number of ether oxygens (including phenoxy) is 1. The van der Waals surface area contributed by atoms with Crippen LogP contribution in [0, 0.1) is 0 Å². The van der Waals surface area contributed by atoms with Gasteiger partial charge in [0.15, 0.2) is 0 Å². The van der Waals surface area contributed by atoms with Gasteiger partial charge >= 0.3 is 0 Å². The van der Waals surface area contributed by atoms with Gasteiger partial charge in [-0.3, -0.25) is 0 Å². The maximum atomic E-state index is 6.14. The van der Waals surface area contributed by atoms with Crippen molar-refractivity contribution in [2.45, 2.75) is 32.2 Å². The Morgan fingerprint density at radius 3 is 3.18 bits per heavy atom. The van der Waals surface area contributed by atoms with E-state index in [2.05, 4.69) is 17.1 Å². The number of aryl methyl sites for hydroxylation is 1. The summed E-state index contributed by atoms with van der Waals surface area (Å²) in [5.41, 5.74) is 9.93. The molecule has 1 aliphatic carbocycles. The molecule has 3 nitrogen and oxygen atoms in total. The molecule has 0 radical (unpaired) electrons. The van der Waals surface area contributed by atoms with Gasteiger partial charge in [-0.15, -0.1) is 0 Å². The number of rotatable bonds is 2. The number of fused-ring (bicyclic) bond motifs is 3. The van der Waals surface area contributed by atoms with Gasteiger partial charge in [-0.2, -0.15) is 0 Å². The lowest BCUT2D eigenvalue weighted by Gasteiger charge is -2.18. The second-order valence-electron chi connectivity index (χ2n) is 4.66. The molecule has 0 saturated carbocycles. The second kappa shape index (κ2) is 4.08. The molecule has 2 aromatic rings. The van der Waals surface area contributed by atoms with E-state index in [0.717, 1.165) is 18.6 Å². The highest BCUT2D eigenvalue weighted by molar-refractivity contribution is 5.86. The number of H-pyrrole nitrogens is 1. The molecule has 1 atom stereocenters. The number of aromatic nitrogens is 1. The third kappa shape index (κ3) is 1.71. The fraction of sp³-hybridized carbons (Fsp3) is 0.429. The van der Waals surface area contributed by atoms with Crippen LogP contribution in [0.4, 0.5) is 0 Å². The molecule has 0 bridgehead atoms. The van der Waals surface area contributed by atoms with Crippen molar-refractivity contribution in [1.82, 2.24) is 4.98 Å². The van der Waals surface area contributed by atoms with Crippen molar-refractivity contribution in [3.8, 4) is 5.75 Å². The predicted molar refractivity (Wildman–Crippen MR) is 69.3 cm³/mol. The fourth-order valence-electron chi connectivity index (χ4n) is 2.73. The number of hydrogen-bond acceptors (Lipinski definition) is 2. The van der Waals surface area contributed by atoms with Gasteiger partial charge in [-0.1, -0.05) is 0 Å². The molecule has 0 spiro atoms. The Labute approximate surface area is 101 Å².